The molecule has 158 valence electrons. The van der Waals surface area contributed by atoms with Gasteiger partial charge in [-0.05, 0) is 69.3 Å². The van der Waals surface area contributed by atoms with Crippen LogP contribution in [0.5, 0.6) is 0 Å². The van der Waals surface area contributed by atoms with E-state index in [2.05, 4.69) is 39.4 Å². The molecular formula is C23H34N4O2. The van der Waals surface area contributed by atoms with Crippen molar-refractivity contribution in [3.63, 3.8) is 0 Å². The van der Waals surface area contributed by atoms with Gasteiger partial charge in [-0.1, -0.05) is 24.3 Å². The molecule has 1 aliphatic carbocycles. The summed E-state index contributed by atoms with van der Waals surface area (Å²) in [4.78, 5) is 28.5. The van der Waals surface area contributed by atoms with Crippen molar-refractivity contribution in [2.45, 2.75) is 57.0 Å². The van der Waals surface area contributed by atoms with Crippen LogP contribution in [0.3, 0.4) is 0 Å². The van der Waals surface area contributed by atoms with Crippen molar-refractivity contribution in [3.05, 3.63) is 35.4 Å². The average molecular weight is 399 g/mol. The third-order valence-electron chi connectivity index (χ3n) is 7.06. The molecule has 2 aliphatic heterocycles. The Morgan fingerprint density at radius 3 is 2.31 bits per heavy atom. The van der Waals surface area contributed by atoms with Gasteiger partial charge in [-0.15, -0.1) is 0 Å². The summed E-state index contributed by atoms with van der Waals surface area (Å²) in [5.41, 5.74) is 8.21. The van der Waals surface area contributed by atoms with Gasteiger partial charge in [0.1, 0.15) is 0 Å². The fourth-order valence-electron chi connectivity index (χ4n) is 5.42. The normalized spacial score (nSPS) is 24.3. The smallest absolute Gasteiger partial charge is 0.224 e. The van der Waals surface area contributed by atoms with E-state index in [4.69, 9.17) is 5.73 Å². The van der Waals surface area contributed by atoms with Crippen molar-refractivity contribution in [3.8, 4) is 0 Å². The van der Waals surface area contributed by atoms with Gasteiger partial charge in [-0.2, -0.15) is 0 Å². The summed E-state index contributed by atoms with van der Waals surface area (Å²) in [6.07, 6.45) is 7.01. The second-order valence-electron chi connectivity index (χ2n) is 8.94. The summed E-state index contributed by atoms with van der Waals surface area (Å²) < 4.78 is 0. The monoisotopic (exact) mass is 398 g/mol. The molecule has 1 atom stereocenters. The third-order valence-corrected chi connectivity index (χ3v) is 7.06. The molecule has 0 unspecified atom stereocenters. The van der Waals surface area contributed by atoms with Gasteiger partial charge in [0.25, 0.3) is 0 Å². The van der Waals surface area contributed by atoms with E-state index in [1.165, 1.54) is 36.8 Å². The van der Waals surface area contributed by atoms with Crippen LogP contribution in [0.2, 0.25) is 0 Å². The number of nitrogens with zero attached hydrogens (tertiary/aromatic N) is 2. The molecule has 6 nitrogen and oxygen atoms in total. The van der Waals surface area contributed by atoms with Crippen molar-refractivity contribution in [1.29, 1.82) is 0 Å². The molecule has 2 saturated heterocycles. The van der Waals surface area contributed by atoms with Crippen molar-refractivity contribution in [2.75, 3.05) is 32.7 Å². The minimum atomic E-state index is -0.368. The number of benzene rings is 1. The highest BCUT2D eigenvalue weighted by Crippen LogP contribution is 2.29. The second-order valence-corrected chi connectivity index (χ2v) is 8.94. The molecule has 29 heavy (non-hydrogen) atoms. The van der Waals surface area contributed by atoms with Crippen molar-refractivity contribution in [1.82, 2.24) is 15.1 Å². The Labute approximate surface area is 173 Å². The standard InChI is InChI=1S/C23H34N4O2/c24-22(28)7-10-25-23(29)19-6-3-11-27(16-19)20-8-12-26(13-9-20)21-14-17-4-1-2-5-18(17)15-21/h1-2,4-5,19-21H,3,6-16H2,(H2,24,28)(H,25,29)/t19-/m1/s1. The van der Waals surface area contributed by atoms with Gasteiger partial charge >= 0.3 is 0 Å². The number of hydrogen-bond donors (Lipinski definition) is 2. The number of hydrogen-bond acceptors (Lipinski definition) is 4. The molecular weight excluding hydrogens is 364 g/mol. The van der Waals surface area contributed by atoms with Gasteiger partial charge in [0.05, 0.1) is 5.92 Å². The number of nitrogens with two attached hydrogens (primary N) is 1. The Morgan fingerprint density at radius 1 is 0.966 bits per heavy atom. The first-order valence-corrected chi connectivity index (χ1v) is 11.2. The van der Waals surface area contributed by atoms with Crippen LogP contribution in [0.4, 0.5) is 0 Å². The fourth-order valence-corrected chi connectivity index (χ4v) is 5.42. The van der Waals surface area contributed by atoms with Crippen molar-refractivity contribution in [2.24, 2.45) is 11.7 Å². The molecule has 0 aromatic heterocycles. The van der Waals surface area contributed by atoms with Crippen LogP contribution in [0.1, 0.15) is 43.2 Å². The lowest BCUT2D eigenvalue weighted by Gasteiger charge is -2.43. The van der Waals surface area contributed by atoms with Gasteiger partial charge in [0.15, 0.2) is 0 Å². The minimum absolute atomic E-state index is 0.0407. The number of carbonyl (C=O) groups is 2. The zero-order valence-corrected chi connectivity index (χ0v) is 17.3. The maximum absolute atomic E-state index is 12.4. The average Bonchev–Trinajstić information content (AvgIpc) is 3.18. The van der Waals surface area contributed by atoms with Crippen LogP contribution in [-0.4, -0.2) is 66.4 Å². The number of primary amides is 1. The van der Waals surface area contributed by atoms with Crippen LogP contribution in [0.25, 0.3) is 0 Å². The largest absolute Gasteiger partial charge is 0.370 e. The van der Waals surface area contributed by atoms with E-state index in [1.54, 1.807) is 0 Å². The van der Waals surface area contributed by atoms with Gasteiger partial charge in [0.2, 0.25) is 11.8 Å². The summed E-state index contributed by atoms with van der Waals surface area (Å²) in [5.74, 6) is -0.246. The van der Waals surface area contributed by atoms with Crippen LogP contribution >= 0.6 is 0 Å². The minimum Gasteiger partial charge on any atom is -0.370 e. The number of rotatable bonds is 6. The highest BCUT2D eigenvalue weighted by atomic mass is 16.2. The molecule has 1 aromatic carbocycles. The first-order valence-electron chi connectivity index (χ1n) is 11.2. The summed E-state index contributed by atoms with van der Waals surface area (Å²) in [5, 5.41) is 2.89. The molecule has 2 heterocycles. The van der Waals surface area contributed by atoms with Gasteiger partial charge in [-0.3, -0.25) is 19.4 Å². The van der Waals surface area contributed by atoms with E-state index in [0.29, 0.717) is 18.6 Å². The number of likely N-dealkylation sites (tertiary alicyclic amines) is 2. The van der Waals surface area contributed by atoms with E-state index in [9.17, 15) is 9.59 Å². The summed E-state index contributed by atoms with van der Waals surface area (Å²) >= 11 is 0. The van der Waals surface area contributed by atoms with E-state index in [0.717, 1.165) is 39.0 Å². The fraction of sp³-hybridized carbons (Fsp3) is 0.652. The van der Waals surface area contributed by atoms with Gasteiger partial charge in [0, 0.05) is 31.6 Å². The van der Waals surface area contributed by atoms with Crippen molar-refractivity contribution >= 4 is 11.8 Å². The molecule has 1 aromatic rings. The Kier molecular flexibility index (Phi) is 6.50. The summed E-state index contributed by atoms with van der Waals surface area (Å²) in [6.45, 7) is 4.63. The number of amides is 2. The Morgan fingerprint density at radius 2 is 1.66 bits per heavy atom. The van der Waals surface area contributed by atoms with E-state index < -0.39 is 0 Å². The SMILES string of the molecule is NC(=O)CCNC(=O)[C@@H]1CCCN(C2CCN(C3Cc4ccccc4C3)CC2)C1. The Hall–Kier alpha value is -1.92. The molecule has 3 N–H and O–H groups in total. The molecule has 0 saturated carbocycles. The second kappa shape index (κ2) is 9.26. The lowest BCUT2D eigenvalue weighted by Crippen LogP contribution is -2.52. The molecule has 0 bridgehead atoms. The molecule has 4 rings (SSSR count). The highest BCUT2D eigenvalue weighted by Gasteiger charge is 2.34. The Balaban J connectivity index is 1.23. The highest BCUT2D eigenvalue weighted by molar-refractivity contribution is 5.80. The topological polar surface area (TPSA) is 78.7 Å². The van der Waals surface area contributed by atoms with Crippen LogP contribution in [0.15, 0.2) is 24.3 Å². The zero-order chi connectivity index (χ0) is 20.2. The van der Waals surface area contributed by atoms with Crippen LogP contribution in [0, 0.1) is 5.92 Å². The van der Waals surface area contributed by atoms with Crippen LogP contribution < -0.4 is 11.1 Å². The maximum Gasteiger partial charge on any atom is 0.224 e. The molecule has 0 radical (unpaired) electrons. The van der Waals surface area contributed by atoms with Gasteiger partial charge in [-0.25, -0.2) is 0 Å². The van der Waals surface area contributed by atoms with E-state index in [-0.39, 0.29) is 24.2 Å². The molecule has 0 spiro atoms. The molecule has 6 heteroatoms. The summed E-state index contributed by atoms with van der Waals surface area (Å²) in [6, 6.07) is 10.1. The van der Waals surface area contributed by atoms with Crippen LogP contribution in [-0.2, 0) is 22.4 Å². The first kappa shape index (κ1) is 20.4. The number of piperidine rings is 2. The third kappa shape index (κ3) is 4.98. The van der Waals surface area contributed by atoms with E-state index >= 15 is 0 Å². The molecule has 2 amide bonds. The zero-order valence-electron chi connectivity index (χ0n) is 17.3. The lowest BCUT2D eigenvalue weighted by atomic mass is 9.92. The van der Waals surface area contributed by atoms with E-state index in [1.807, 2.05) is 0 Å². The summed E-state index contributed by atoms with van der Waals surface area (Å²) in [7, 11) is 0. The number of fused-ring (bicyclic) bond motifs is 1. The molecule has 2 fully saturated rings. The number of carbonyl (C=O) groups excluding carboxylic acids is 2. The first-order chi connectivity index (χ1) is 14.1. The maximum atomic E-state index is 12.4. The predicted octanol–water partition coefficient (Wildman–Crippen LogP) is 1.32. The number of nitrogens with one attached hydrogen (secondary N) is 1. The predicted molar refractivity (Wildman–Crippen MR) is 113 cm³/mol. The molecule has 3 aliphatic rings. The Bertz CT molecular complexity index is 704. The van der Waals surface area contributed by atoms with Crippen molar-refractivity contribution < 1.29 is 9.59 Å². The lowest BCUT2D eigenvalue weighted by molar-refractivity contribution is -0.127. The van der Waals surface area contributed by atoms with Gasteiger partial charge < -0.3 is 11.1 Å². The quantitative estimate of drug-likeness (QED) is 0.758.